The van der Waals surface area contributed by atoms with E-state index in [4.69, 9.17) is 0 Å². The van der Waals surface area contributed by atoms with Crippen molar-refractivity contribution < 1.29 is 13.2 Å². The fourth-order valence-corrected chi connectivity index (χ4v) is 6.62. The molecule has 0 bridgehead atoms. The van der Waals surface area contributed by atoms with E-state index in [1.165, 1.54) is 34.9 Å². The van der Waals surface area contributed by atoms with Crippen LogP contribution in [-0.2, 0) is 10.0 Å². The molecular weight excluding hydrogens is 370 g/mol. The minimum absolute atomic E-state index is 0.159. The van der Waals surface area contributed by atoms with E-state index in [-0.39, 0.29) is 10.8 Å². The zero-order valence-electron chi connectivity index (χ0n) is 15.4. The lowest BCUT2D eigenvalue weighted by atomic mass is 10.0. The van der Waals surface area contributed by atoms with Gasteiger partial charge >= 0.3 is 0 Å². The Morgan fingerprint density at radius 3 is 2.69 bits per heavy atom. The van der Waals surface area contributed by atoms with E-state index >= 15 is 0 Å². The van der Waals surface area contributed by atoms with Gasteiger partial charge in [-0.2, -0.15) is 4.31 Å². The van der Waals surface area contributed by atoms with Gasteiger partial charge in [-0.15, -0.1) is 11.3 Å². The number of carbonyl (C=O) groups is 1. The summed E-state index contributed by atoms with van der Waals surface area (Å²) >= 11 is 1.20. The number of hydrogen-bond acceptors (Lipinski definition) is 5. The van der Waals surface area contributed by atoms with Crippen molar-refractivity contribution in [1.29, 1.82) is 0 Å². The van der Waals surface area contributed by atoms with Crippen molar-refractivity contribution in [3.63, 3.8) is 0 Å². The van der Waals surface area contributed by atoms with E-state index in [0.29, 0.717) is 30.6 Å². The molecule has 1 aromatic rings. The largest absolute Gasteiger partial charge is 0.351 e. The van der Waals surface area contributed by atoms with E-state index in [2.05, 4.69) is 17.1 Å². The second kappa shape index (κ2) is 8.82. The Kier molecular flexibility index (Phi) is 6.71. The van der Waals surface area contributed by atoms with E-state index in [1.54, 1.807) is 11.4 Å². The Hall–Kier alpha value is -0.960. The molecule has 0 radical (unpaired) electrons. The van der Waals surface area contributed by atoms with E-state index in [1.807, 2.05) is 0 Å². The lowest BCUT2D eigenvalue weighted by molar-refractivity contribution is 0.0950. The van der Waals surface area contributed by atoms with Crippen LogP contribution in [-0.4, -0.2) is 62.3 Å². The highest BCUT2D eigenvalue weighted by Gasteiger charge is 2.31. The summed E-state index contributed by atoms with van der Waals surface area (Å²) in [5.74, 6) is -0.274. The van der Waals surface area contributed by atoms with Crippen LogP contribution in [0.2, 0.25) is 0 Å². The van der Waals surface area contributed by atoms with Crippen molar-refractivity contribution in [2.75, 3.05) is 32.7 Å². The molecule has 2 fully saturated rings. The number of rotatable bonds is 7. The van der Waals surface area contributed by atoms with Gasteiger partial charge in [0.15, 0.2) is 0 Å². The number of piperidine rings is 1. The summed E-state index contributed by atoms with van der Waals surface area (Å²) in [5, 5.41) is 4.59. The smallest absolute Gasteiger partial charge is 0.262 e. The SMILES string of the molecule is CC1CCCCN1CCCNC(=O)c1sccc1S(=O)(=O)N1CCCC1. The van der Waals surface area contributed by atoms with Crippen LogP contribution in [0.5, 0.6) is 0 Å². The van der Waals surface area contributed by atoms with Gasteiger partial charge < -0.3 is 10.2 Å². The van der Waals surface area contributed by atoms with Crippen molar-refractivity contribution in [3.8, 4) is 0 Å². The minimum atomic E-state index is -3.55. The predicted octanol–water partition coefficient (Wildman–Crippen LogP) is 2.53. The van der Waals surface area contributed by atoms with Crippen LogP contribution in [0.25, 0.3) is 0 Å². The number of amides is 1. The summed E-state index contributed by atoms with van der Waals surface area (Å²) in [6.45, 7) is 6.05. The van der Waals surface area contributed by atoms with Crippen LogP contribution in [0.15, 0.2) is 16.3 Å². The van der Waals surface area contributed by atoms with Gasteiger partial charge in [-0.3, -0.25) is 4.79 Å². The molecule has 0 aromatic carbocycles. The maximum absolute atomic E-state index is 12.7. The molecule has 3 heterocycles. The van der Waals surface area contributed by atoms with Crippen molar-refractivity contribution in [2.24, 2.45) is 0 Å². The van der Waals surface area contributed by atoms with Gasteiger partial charge in [0.1, 0.15) is 9.77 Å². The Balaban J connectivity index is 1.53. The molecule has 2 aliphatic rings. The summed E-state index contributed by atoms with van der Waals surface area (Å²) in [4.78, 5) is 15.4. The molecule has 3 rings (SSSR count). The van der Waals surface area contributed by atoms with Crippen LogP contribution in [0.1, 0.15) is 55.1 Å². The van der Waals surface area contributed by atoms with Crippen LogP contribution in [0.3, 0.4) is 0 Å². The van der Waals surface area contributed by atoms with Gasteiger partial charge in [-0.05, 0) is 57.0 Å². The molecule has 26 heavy (non-hydrogen) atoms. The highest BCUT2D eigenvalue weighted by atomic mass is 32.2. The van der Waals surface area contributed by atoms with Gasteiger partial charge in [-0.25, -0.2) is 8.42 Å². The number of nitrogens with zero attached hydrogens (tertiary/aromatic N) is 2. The monoisotopic (exact) mass is 399 g/mol. The average Bonchev–Trinajstić information content (AvgIpc) is 3.31. The van der Waals surface area contributed by atoms with E-state index in [0.717, 1.165) is 32.4 Å². The molecular formula is C18H29N3O3S2. The molecule has 0 aliphatic carbocycles. The highest BCUT2D eigenvalue weighted by molar-refractivity contribution is 7.89. The van der Waals surface area contributed by atoms with Gasteiger partial charge in [-0.1, -0.05) is 6.42 Å². The Labute approximate surface area is 160 Å². The van der Waals surface area contributed by atoms with E-state index < -0.39 is 10.0 Å². The molecule has 2 saturated heterocycles. The van der Waals surface area contributed by atoms with Crippen molar-refractivity contribution in [3.05, 3.63) is 16.3 Å². The topological polar surface area (TPSA) is 69.7 Å². The van der Waals surface area contributed by atoms with Crippen molar-refractivity contribution in [1.82, 2.24) is 14.5 Å². The average molecular weight is 400 g/mol. The Bertz CT molecular complexity index is 711. The maximum Gasteiger partial charge on any atom is 0.262 e. The van der Waals surface area contributed by atoms with Crippen molar-refractivity contribution in [2.45, 2.75) is 56.4 Å². The third-order valence-corrected chi connectivity index (χ3v) is 8.35. The van der Waals surface area contributed by atoms with Gasteiger partial charge in [0, 0.05) is 32.2 Å². The molecule has 1 unspecified atom stereocenters. The normalized spacial score (nSPS) is 22.6. The first kappa shape index (κ1) is 19.8. The third-order valence-electron chi connectivity index (χ3n) is 5.37. The lowest BCUT2D eigenvalue weighted by Gasteiger charge is -2.33. The molecule has 146 valence electrons. The molecule has 2 aliphatic heterocycles. The third kappa shape index (κ3) is 4.47. The number of hydrogen-bond donors (Lipinski definition) is 1. The van der Waals surface area contributed by atoms with Gasteiger partial charge in [0.25, 0.3) is 5.91 Å². The first-order valence-electron chi connectivity index (χ1n) is 9.60. The van der Waals surface area contributed by atoms with Gasteiger partial charge in [0.05, 0.1) is 0 Å². The van der Waals surface area contributed by atoms with Crippen LogP contribution < -0.4 is 5.32 Å². The standard InChI is InChI=1S/C18H29N3O3S2/c1-15-7-2-3-10-20(15)11-6-9-19-18(22)17-16(8-14-25-17)26(23,24)21-12-4-5-13-21/h8,14-15H,2-7,9-13H2,1H3,(H,19,22). The fourth-order valence-electron chi connectivity index (χ4n) is 3.79. The molecule has 1 N–H and O–H groups in total. The number of sulfonamides is 1. The summed E-state index contributed by atoms with van der Waals surface area (Å²) < 4.78 is 27.0. The fraction of sp³-hybridized carbons (Fsp3) is 0.722. The molecule has 6 nitrogen and oxygen atoms in total. The number of nitrogens with one attached hydrogen (secondary N) is 1. The number of carbonyl (C=O) groups excluding carboxylic acids is 1. The second-order valence-electron chi connectivity index (χ2n) is 7.22. The Morgan fingerprint density at radius 1 is 1.23 bits per heavy atom. The molecule has 1 atom stereocenters. The molecule has 1 amide bonds. The summed E-state index contributed by atoms with van der Waals surface area (Å²) in [7, 11) is -3.55. The zero-order valence-corrected chi connectivity index (χ0v) is 17.1. The van der Waals surface area contributed by atoms with Crippen LogP contribution in [0, 0.1) is 0 Å². The van der Waals surface area contributed by atoms with E-state index in [9.17, 15) is 13.2 Å². The zero-order chi connectivity index (χ0) is 18.6. The highest BCUT2D eigenvalue weighted by Crippen LogP contribution is 2.27. The second-order valence-corrected chi connectivity index (χ2v) is 10.0. The predicted molar refractivity (Wildman–Crippen MR) is 104 cm³/mol. The first-order chi connectivity index (χ1) is 12.5. The molecule has 0 saturated carbocycles. The van der Waals surface area contributed by atoms with Gasteiger partial charge in [0.2, 0.25) is 10.0 Å². The lowest BCUT2D eigenvalue weighted by Crippen LogP contribution is -2.39. The molecule has 1 aromatic heterocycles. The van der Waals surface area contributed by atoms with Crippen LogP contribution >= 0.6 is 11.3 Å². The molecule has 8 heteroatoms. The summed E-state index contributed by atoms with van der Waals surface area (Å²) in [6, 6.07) is 2.18. The Morgan fingerprint density at radius 2 is 1.96 bits per heavy atom. The number of likely N-dealkylation sites (tertiary alicyclic amines) is 1. The maximum atomic E-state index is 12.7. The summed E-state index contributed by atoms with van der Waals surface area (Å²) in [5.41, 5.74) is 0. The quantitative estimate of drug-likeness (QED) is 0.716. The first-order valence-corrected chi connectivity index (χ1v) is 11.9. The summed E-state index contributed by atoms with van der Waals surface area (Å²) in [6.07, 6.45) is 6.47. The van der Waals surface area contributed by atoms with Crippen LogP contribution in [0.4, 0.5) is 0 Å². The number of thiophene rings is 1. The van der Waals surface area contributed by atoms with Crippen molar-refractivity contribution >= 4 is 27.3 Å². The minimum Gasteiger partial charge on any atom is -0.351 e. The molecule has 0 spiro atoms.